The van der Waals surface area contributed by atoms with Crippen LogP contribution in [0.2, 0.25) is 5.02 Å². The van der Waals surface area contributed by atoms with Gasteiger partial charge in [-0.15, -0.1) is 24.0 Å². The summed E-state index contributed by atoms with van der Waals surface area (Å²) in [6.45, 7) is 3.57. The molecule has 0 spiro atoms. The van der Waals surface area contributed by atoms with Gasteiger partial charge in [-0.05, 0) is 36.8 Å². The van der Waals surface area contributed by atoms with Crippen molar-refractivity contribution in [2.24, 2.45) is 4.99 Å². The number of guanidine groups is 1. The number of nitrogens with one attached hydrogen (secondary N) is 2. The fourth-order valence-corrected chi connectivity index (χ4v) is 2.53. The highest BCUT2D eigenvalue weighted by atomic mass is 127. The molecule has 0 radical (unpaired) electrons. The molecular formula is C18H24ClIN4O2. The van der Waals surface area contributed by atoms with E-state index in [9.17, 15) is 0 Å². The Morgan fingerprint density at radius 2 is 2.00 bits per heavy atom. The number of rotatable bonds is 7. The summed E-state index contributed by atoms with van der Waals surface area (Å²) >= 11 is 6.30. The molecular weight excluding hydrogens is 467 g/mol. The molecule has 1 aromatic carbocycles. The van der Waals surface area contributed by atoms with Gasteiger partial charge in [0.05, 0.1) is 31.0 Å². The van der Waals surface area contributed by atoms with Crippen LogP contribution in [0.25, 0.3) is 0 Å². The van der Waals surface area contributed by atoms with Crippen LogP contribution < -0.4 is 20.1 Å². The second kappa shape index (κ2) is 11.8. The first kappa shape index (κ1) is 22.3. The van der Waals surface area contributed by atoms with E-state index in [4.69, 9.17) is 21.1 Å². The fraction of sp³-hybridized carbons (Fsp3) is 0.333. The van der Waals surface area contributed by atoms with Crippen LogP contribution in [0.5, 0.6) is 11.5 Å². The van der Waals surface area contributed by atoms with E-state index in [0.717, 1.165) is 11.3 Å². The monoisotopic (exact) mass is 490 g/mol. The second-order valence-corrected chi connectivity index (χ2v) is 5.55. The number of aliphatic imine (C=N–C) groups is 1. The zero-order valence-corrected chi connectivity index (χ0v) is 18.2. The largest absolute Gasteiger partial charge is 0.493 e. The quantitative estimate of drug-likeness (QED) is 0.352. The zero-order chi connectivity index (χ0) is 18.1. The molecule has 2 aromatic rings. The molecule has 1 aromatic heterocycles. The topological polar surface area (TPSA) is 67.8 Å². The third kappa shape index (κ3) is 6.53. The van der Waals surface area contributed by atoms with Gasteiger partial charge in [0.15, 0.2) is 17.5 Å². The van der Waals surface area contributed by atoms with Gasteiger partial charge in [0.2, 0.25) is 0 Å². The molecule has 8 heteroatoms. The highest BCUT2D eigenvalue weighted by Crippen LogP contribution is 2.36. The molecule has 2 N–H and O–H groups in total. The molecule has 0 bridgehead atoms. The lowest BCUT2D eigenvalue weighted by atomic mass is 10.2. The molecule has 6 nitrogen and oxygen atoms in total. The van der Waals surface area contributed by atoms with Crippen LogP contribution >= 0.6 is 35.6 Å². The van der Waals surface area contributed by atoms with Gasteiger partial charge in [-0.25, -0.2) is 0 Å². The van der Waals surface area contributed by atoms with Crippen LogP contribution in [0, 0.1) is 0 Å². The van der Waals surface area contributed by atoms with Gasteiger partial charge in [0.25, 0.3) is 0 Å². The molecule has 0 atom stereocenters. The van der Waals surface area contributed by atoms with Gasteiger partial charge in [0.1, 0.15) is 0 Å². The minimum atomic E-state index is 0. The Morgan fingerprint density at radius 1 is 1.23 bits per heavy atom. The summed E-state index contributed by atoms with van der Waals surface area (Å²) in [6.07, 6.45) is 1.77. The first-order valence-electron chi connectivity index (χ1n) is 8.01. The number of nitrogens with zero attached hydrogens (tertiary/aromatic N) is 2. The molecule has 0 saturated heterocycles. The number of pyridine rings is 1. The third-order valence-corrected chi connectivity index (χ3v) is 3.71. The molecule has 0 unspecified atom stereocenters. The highest BCUT2D eigenvalue weighted by molar-refractivity contribution is 14.0. The maximum Gasteiger partial charge on any atom is 0.191 e. The Labute approximate surface area is 176 Å². The van der Waals surface area contributed by atoms with E-state index in [1.807, 2.05) is 37.3 Å². The predicted molar refractivity (Wildman–Crippen MR) is 116 cm³/mol. The van der Waals surface area contributed by atoms with E-state index in [1.165, 1.54) is 0 Å². The average molecular weight is 491 g/mol. The van der Waals surface area contributed by atoms with Crippen molar-refractivity contribution in [3.63, 3.8) is 0 Å². The van der Waals surface area contributed by atoms with Gasteiger partial charge in [-0.3, -0.25) is 9.98 Å². The van der Waals surface area contributed by atoms with Crippen molar-refractivity contribution < 1.29 is 9.47 Å². The summed E-state index contributed by atoms with van der Waals surface area (Å²) in [5.41, 5.74) is 1.90. The van der Waals surface area contributed by atoms with Crippen LogP contribution in [-0.2, 0) is 13.1 Å². The van der Waals surface area contributed by atoms with E-state index < -0.39 is 0 Å². The van der Waals surface area contributed by atoms with Crippen molar-refractivity contribution in [1.29, 1.82) is 0 Å². The van der Waals surface area contributed by atoms with Crippen molar-refractivity contribution >= 4 is 41.5 Å². The fourth-order valence-electron chi connectivity index (χ4n) is 2.24. The number of hydrogen-bond donors (Lipinski definition) is 2. The average Bonchev–Trinajstić information content (AvgIpc) is 2.64. The van der Waals surface area contributed by atoms with Crippen molar-refractivity contribution in [3.05, 3.63) is 52.8 Å². The molecule has 1 heterocycles. The molecule has 0 aliphatic rings. The van der Waals surface area contributed by atoms with Crippen LogP contribution in [0.15, 0.2) is 41.5 Å². The van der Waals surface area contributed by atoms with Crippen molar-refractivity contribution in [3.8, 4) is 11.5 Å². The van der Waals surface area contributed by atoms with Crippen LogP contribution in [-0.4, -0.2) is 31.7 Å². The normalized spacial score (nSPS) is 10.7. The van der Waals surface area contributed by atoms with Crippen LogP contribution in [0.4, 0.5) is 0 Å². The Morgan fingerprint density at radius 3 is 2.62 bits per heavy atom. The van der Waals surface area contributed by atoms with E-state index in [1.54, 1.807) is 20.4 Å². The third-order valence-electron chi connectivity index (χ3n) is 3.42. The minimum Gasteiger partial charge on any atom is -0.493 e. The summed E-state index contributed by atoms with van der Waals surface area (Å²) in [4.78, 5) is 8.48. The Kier molecular flexibility index (Phi) is 10.1. The van der Waals surface area contributed by atoms with E-state index in [-0.39, 0.29) is 24.0 Å². The van der Waals surface area contributed by atoms with E-state index in [0.29, 0.717) is 42.2 Å². The molecule has 26 heavy (non-hydrogen) atoms. The standard InChI is InChI=1S/C18H23ClN4O2.HI/c1-4-25-17-15(19)9-13(10-16(17)24-3)11-22-18(20-2)23-12-14-7-5-6-8-21-14;/h5-10H,4,11-12H2,1-3H3,(H2,20,22,23);1H. The first-order valence-corrected chi connectivity index (χ1v) is 8.39. The summed E-state index contributed by atoms with van der Waals surface area (Å²) < 4.78 is 10.9. The Balaban J connectivity index is 0.00000338. The Hall–Kier alpha value is -1.74. The SMILES string of the molecule is CCOc1c(Cl)cc(CNC(=NC)NCc2ccccn2)cc1OC.I. The molecule has 2 rings (SSSR count). The van der Waals surface area contributed by atoms with Crippen molar-refractivity contribution in [2.45, 2.75) is 20.0 Å². The maximum absolute atomic E-state index is 6.30. The highest BCUT2D eigenvalue weighted by Gasteiger charge is 2.12. The molecule has 142 valence electrons. The number of benzene rings is 1. The zero-order valence-electron chi connectivity index (χ0n) is 15.1. The summed E-state index contributed by atoms with van der Waals surface area (Å²) in [7, 11) is 3.32. The molecule has 0 fully saturated rings. The lowest BCUT2D eigenvalue weighted by molar-refractivity contribution is 0.311. The first-order chi connectivity index (χ1) is 12.2. The van der Waals surface area contributed by atoms with Gasteiger partial charge in [0, 0.05) is 19.8 Å². The number of halogens is 2. The summed E-state index contributed by atoms with van der Waals surface area (Å²) in [6, 6.07) is 9.55. The van der Waals surface area contributed by atoms with Crippen molar-refractivity contribution in [2.75, 3.05) is 20.8 Å². The lowest BCUT2D eigenvalue weighted by Crippen LogP contribution is -2.36. The predicted octanol–water partition coefficient (Wildman–Crippen LogP) is 3.63. The second-order valence-electron chi connectivity index (χ2n) is 5.14. The number of aromatic nitrogens is 1. The number of hydrogen-bond acceptors (Lipinski definition) is 4. The smallest absolute Gasteiger partial charge is 0.191 e. The number of ether oxygens (including phenoxy) is 2. The maximum atomic E-state index is 6.30. The van der Waals surface area contributed by atoms with Gasteiger partial charge in [-0.2, -0.15) is 0 Å². The lowest BCUT2D eigenvalue weighted by Gasteiger charge is -2.15. The van der Waals surface area contributed by atoms with Crippen LogP contribution in [0.3, 0.4) is 0 Å². The minimum absolute atomic E-state index is 0. The van der Waals surface area contributed by atoms with Crippen molar-refractivity contribution in [1.82, 2.24) is 15.6 Å². The van der Waals surface area contributed by atoms with E-state index >= 15 is 0 Å². The summed E-state index contributed by atoms with van der Waals surface area (Å²) in [5, 5.41) is 6.98. The van der Waals surface area contributed by atoms with Gasteiger partial charge >= 0.3 is 0 Å². The van der Waals surface area contributed by atoms with Crippen LogP contribution in [0.1, 0.15) is 18.2 Å². The molecule has 0 saturated carbocycles. The van der Waals surface area contributed by atoms with E-state index in [2.05, 4.69) is 20.6 Å². The number of methoxy groups -OCH3 is 1. The molecule has 0 aliphatic heterocycles. The molecule has 0 aliphatic carbocycles. The van der Waals surface area contributed by atoms with Gasteiger partial charge in [-0.1, -0.05) is 17.7 Å². The summed E-state index contributed by atoms with van der Waals surface area (Å²) in [5.74, 6) is 1.85. The van der Waals surface area contributed by atoms with Gasteiger partial charge < -0.3 is 20.1 Å². The molecule has 0 amide bonds. The Bertz CT molecular complexity index is 714.